The number of nitrogens with one attached hydrogen (secondary N) is 1. The summed E-state index contributed by atoms with van der Waals surface area (Å²) in [5, 5.41) is 13.7. The lowest BCUT2D eigenvalue weighted by Gasteiger charge is -2.34. The molecule has 1 fully saturated rings. The highest BCUT2D eigenvalue weighted by Crippen LogP contribution is 2.24. The molecular formula is C13H20Cl2N2O. The van der Waals surface area contributed by atoms with Gasteiger partial charge in [0.15, 0.2) is 0 Å². The summed E-state index contributed by atoms with van der Waals surface area (Å²) in [6.07, 6.45) is 0. The van der Waals surface area contributed by atoms with E-state index in [1.807, 2.05) is 19.1 Å². The van der Waals surface area contributed by atoms with Gasteiger partial charge in [0.1, 0.15) is 0 Å². The Balaban J connectivity index is 0.00000162. The highest BCUT2D eigenvalue weighted by molar-refractivity contribution is 6.31. The van der Waals surface area contributed by atoms with Crippen molar-refractivity contribution in [1.29, 1.82) is 0 Å². The SMILES string of the molecule is Cc1cc([C@@H](CO)N2CCNCC2)ccc1Cl.Cl. The van der Waals surface area contributed by atoms with Gasteiger partial charge in [-0.3, -0.25) is 4.90 Å². The second kappa shape index (κ2) is 7.31. The molecule has 1 aromatic rings. The Kier molecular flexibility index (Phi) is 6.39. The molecule has 0 unspecified atom stereocenters. The van der Waals surface area contributed by atoms with Crippen molar-refractivity contribution in [1.82, 2.24) is 10.2 Å². The van der Waals surface area contributed by atoms with Crippen LogP contribution in [0.25, 0.3) is 0 Å². The first-order chi connectivity index (χ1) is 8.22. The molecule has 1 aromatic carbocycles. The van der Waals surface area contributed by atoms with Crippen LogP contribution in [0.3, 0.4) is 0 Å². The fraction of sp³-hybridized carbons (Fsp3) is 0.538. The molecule has 0 aromatic heterocycles. The first-order valence-electron chi connectivity index (χ1n) is 6.04. The smallest absolute Gasteiger partial charge is 0.0628 e. The van der Waals surface area contributed by atoms with E-state index in [2.05, 4.69) is 16.3 Å². The summed E-state index contributed by atoms with van der Waals surface area (Å²) in [6.45, 7) is 6.09. The zero-order valence-electron chi connectivity index (χ0n) is 10.5. The fourth-order valence-electron chi connectivity index (χ4n) is 2.30. The summed E-state index contributed by atoms with van der Waals surface area (Å²) in [4.78, 5) is 2.32. The van der Waals surface area contributed by atoms with Crippen LogP contribution in [0.1, 0.15) is 17.2 Å². The highest BCUT2D eigenvalue weighted by Gasteiger charge is 2.21. The molecule has 18 heavy (non-hydrogen) atoms. The lowest BCUT2D eigenvalue weighted by atomic mass is 10.0. The summed E-state index contributed by atoms with van der Waals surface area (Å²) in [5.74, 6) is 0. The Morgan fingerprint density at radius 2 is 2.06 bits per heavy atom. The summed E-state index contributed by atoms with van der Waals surface area (Å²) in [5.41, 5.74) is 2.22. The number of aliphatic hydroxyl groups excluding tert-OH is 1. The molecule has 0 saturated carbocycles. The Morgan fingerprint density at radius 1 is 1.39 bits per heavy atom. The van der Waals surface area contributed by atoms with Gasteiger partial charge in [-0.2, -0.15) is 0 Å². The molecule has 2 rings (SSSR count). The van der Waals surface area contributed by atoms with E-state index < -0.39 is 0 Å². The number of rotatable bonds is 3. The molecule has 0 radical (unpaired) electrons. The molecule has 1 saturated heterocycles. The third-order valence-electron chi connectivity index (χ3n) is 3.33. The number of hydrogen-bond acceptors (Lipinski definition) is 3. The van der Waals surface area contributed by atoms with Gasteiger partial charge in [0, 0.05) is 31.2 Å². The van der Waals surface area contributed by atoms with Crippen molar-refractivity contribution in [3.8, 4) is 0 Å². The number of hydrogen-bond donors (Lipinski definition) is 2. The third kappa shape index (κ3) is 3.59. The van der Waals surface area contributed by atoms with Gasteiger partial charge in [-0.15, -0.1) is 12.4 Å². The molecule has 0 aliphatic carbocycles. The van der Waals surface area contributed by atoms with Gasteiger partial charge in [-0.25, -0.2) is 0 Å². The normalized spacial score (nSPS) is 18.2. The Bertz CT molecular complexity index is 381. The largest absolute Gasteiger partial charge is 0.394 e. The van der Waals surface area contributed by atoms with E-state index in [9.17, 15) is 5.11 Å². The molecule has 0 spiro atoms. The Morgan fingerprint density at radius 3 is 2.61 bits per heavy atom. The minimum Gasteiger partial charge on any atom is -0.394 e. The molecule has 102 valence electrons. The van der Waals surface area contributed by atoms with Crippen molar-refractivity contribution in [2.75, 3.05) is 32.8 Å². The standard InChI is InChI=1S/C13H19ClN2O.ClH/c1-10-8-11(2-3-12(10)14)13(9-17)16-6-4-15-5-7-16;/h2-3,8,13,15,17H,4-7,9H2,1H3;1H/t13-;/m1./s1. The van der Waals surface area contributed by atoms with Crippen LogP contribution in [0, 0.1) is 6.92 Å². The topological polar surface area (TPSA) is 35.5 Å². The quantitative estimate of drug-likeness (QED) is 0.894. The van der Waals surface area contributed by atoms with Crippen LogP contribution < -0.4 is 5.32 Å². The van der Waals surface area contributed by atoms with Crippen LogP contribution in [0.5, 0.6) is 0 Å². The van der Waals surface area contributed by atoms with Crippen molar-refractivity contribution in [2.24, 2.45) is 0 Å². The second-order valence-corrected chi connectivity index (χ2v) is 4.90. The van der Waals surface area contributed by atoms with E-state index in [0.717, 1.165) is 42.3 Å². The molecule has 0 bridgehead atoms. The summed E-state index contributed by atoms with van der Waals surface area (Å²) in [6, 6.07) is 6.09. The van der Waals surface area contributed by atoms with Crippen molar-refractivity contribution in [3.63, 3.8) is 0 Å². The van der Waals surface area contributed by atoms with Crippen molar-refractivity contribution in [3.05, 3.63) is 34.3 Å². The van der Waals surface area contributed by atoms with Gasteiger partial charge in [0.25, 0.3) is 0 Å². The van der Waals surface area contributed by atoms with Gasteiger partial charge in [-0.05, 0) is 24.1 Å². The van der Waals surface area contributed by atoms with Crippen LogP contribution >= 0.6 is 24.0 Å². The third-order valence-corrected chi connectivity index (χ3v) is 3.76. The minimum absolute atomic E-state index is 0. The molecule has 1 heterocycles. The monoisotopic (exact) mass is 290 g/mol. The van der Waals surface area contributed by atoms with E-state index in [1.54, 1.807) is 0 Å². The molecule has 5 heteroatoms. The minimum atomic E-state index is 0. The lowest BCUT2D eigenvalue weighted by Crippen LogP contribution is -2.46. The number of piperazine rings is 1. The first kappa shape index (κ1) is 15.7. The van der Waals surface area contributed by atoms with Crippen molar-refractivity contribution >= 4 is 24.0 Å². The van der Waals surface area contributed by atoms with Gasteiger partial charge in [-0.1, -0.05) is 23.7 Å². The number of halogens is 2. The summed E-state index contributed by atoms with van der Waals surface area (Å²) < 4.78 is 0. The number of aryl methyl sites for hydroxylation is 1. The Labute approximate surface area is 120 Å². The molecule has 1 aliphatic rings. The van der Waals surface area contributed by atoms with Crippen LogP contribution in [0.2, 0.25) is 5.02 Å². The fourth-order valence-corrected chi connectivity index (χ4v) is 2.42. The summed E-state index contributed by atoms with van der Waals surface area (Å²) in [7, 11) is 0. The zero-order chi connectivity index (χ0) is 12.3. The van der Waals surface area contributed by atoms with Crippen molar-refractivity contribution < 1.29 is 5.11 Å². The molecule has 0 amide bonds. The average molecular weight is 291 g/mol. The van der Waals surface area contributed by atoms with Gasteiger partial charge in [0.2, 0.25) is 0 Å². The van der Waals surface area contributed by atoms with Gasteiger partial charge in [0.05, 0.1) is 12.6 Å². The molecular weight excluding hydrogens is 271 g/mol. The molecule has 3 nitrogen and oxygen atoms in total. The van der Waals surface area contributed by atoms with Crippen molar-refractivity contribution in [2.45, 2.75) is 13.0 Å². The predicted octanol–water partition coefficient (Wildman–Crippen LogP) is 2.01. The maximum atomic E-state index is 9.60. The zero-order valence-corrected chi connectivity index (χ0v) is 12.1. The van der Waals surface area contributed by atoms with Crippen LogP contribution in [0.15, 0.2) is 18.2 Å². The van der Waals surface area contributed by atoms with Gasteiger partial charge >= 0.3 is 0 Å². The lowest BCUT2D eigenvalue weighted by molar-refractivity contribution is 0.111. The van der Waals surface area contributed by atoms with Crippen LogP contribution in [0.4, 0.5) is 0 Å². The van der Waals surface area contributed by atoms with Crippen LogP contribution in [-0.2, 0) is 0 Å². The highest BCUT2D eigenvalue weighted by atomic mass is 35.5. The number of benzene rings is 1. The van der Waals surface area contributed by atoms with Crippen LogP contribution in [-0.4, -0.2) is 42.8 Å². The average Bonchev–Trinajstić information content (AvgIpc) is 2.36. The number of aliphatic hydroxyl groups is 1. The van der Waals surface area contributed by atoms with E-state index in [1.165, 1.54) is 0 Å². The van der Waals surface area contributed by atoms with Gasteiger partial charge < -0.3 is 10.4 Å². The maximum Gasteiger partial charge on any atom is 0.0628 e. The van der Waals surface area contributed by atoms with E-state index in [0.29, 0.717) is 0 Å². The molecule has 1 atom stereocenters. The van der Waals surface area contributed by atoms with E-state index in [4.69, 9.17) is 11.6 Å². The maximum absolute atomic E-state index is 9.60. The molecule has 2 N–H and O–H groups in total. The van der Waals surface area contributed by atoms with E-state index >= 15 is 0 Å². The second-order valence-electron chi connectivity index (χ2n) is 4.49. The Hall–Kier alpha value is -0.320. The van der Waals surface area contributed by atoms with E-state index in [-0.39, 0.29) is 25.1 Å². The first-order valence-corrected chi connectivity index (χ1v) is 6.42. The number of nitrogens with zero attached hydrogens (tertiary/aromatic N) is 1. The summed E-state index contributed by atoms with van der Waals surface area (Å²) >= 11 is 6.03. The molecule has 1 aliphatic heterocycles. The predicted molar refractivity (Wildman–Crippen MR) is 77.7 cm³/mol.